The molecule has 16 heavy (non-hydrogen) atoms. The molecule has 0 radical (unpaired) electrons. The van der Waals surface area contributed by atoms with Gasteiger partial charge in [-0.05, 0) is 24.9 Å². The molecule has 0 saturated carbocycles. The number of alkyl halides is 3. The summed E-state index contributed by atoms with van der Waals surface area (Å²) in [6.07, 6.45) is -3.63. The van der Waals surface area contributed by atoms with E-state index in [1.54, 1.807) is 11.3 Å². The maximum Gasteiger partial charge on any atom is 0.405 e. The Labute approximate surface area is 96.9 Å². The summed E-state index contributed by atoms with van der Waals surface area (Å²) in [7, 11) is 1.46. The molecule has 0 aromatic carbocycles. The molecule has 0 aliphatic heterocycles. The van der Waals surface area contributed by atoms with Gasteiger partial charge in [-0.2, -0.15) is 13.2 Å². The first-order chi connectivity index (χ1) is 7.45. The van der Waals surface area contributed by atoms with E-state index in [2.05, 4.69) is 0 Å². The molecule has 1 unspecified atom stereocenters. The van der Waals surface area contributed by atoms with Crippen molar-refractivity contribution in [3.05, 3.63) is 22.4 Å². The number of halogens is 3. The van der Waals surface area contributed by atoms with Gasteiger partial charge in [0.05, 0.1) is 0 Å². The summed E-state index contributed by atoms with van der Waals surface area (Å²) in [5.41, 5.74) is 5.15. The molecular weight excluding hydrogens is 237 g/mol. The molecule has 0 saturated heterocycles. The molecule has 1 aromatic heterocycles. The molecule has 0 amide bonds. The van der Waals surface area contributed by atoms with Crippen molar-refractivity contribution in [2.75, 3.05) is 20.1 Å². The number of likely N-dealkylation sites (N-methyl/N-ethyl adjacent to an activating group) is 1. The number of nitrogens with two attached hydrogens (primary N) is 1. The van der Waals surface area contributed by atoms with Gasteiger partial charge in [0.15, 0.2) is 0 Å². The highest BCUT2D eigenvalue weighted by Gasteiger charge is 2.40. The summed E-state index contributed by atoms with van der Waals surface area (Å²) in [5.74, 6) is 0. The van der Waals surface area contributed by atoms with E-state index in [4.69, 9.17) is 5.73 Å². The van der Waals surface area contributed by atoms with Gasteiger partial charge < -0.3 is 5.73 Å². The molecule has 0 spiro atoms. The van der Waals surface area contributed by atoms with Crippen LogP contribution in [-0.2, 0) is 6.42 Å². The number of hydrogen-bond donors (Lipinski definition) is 1. The van der Waals surface area contributed by atoms with Gasteiger partial charge in [-0.25, -0.2) is 0 Å². The standard InChI is InChI=1S/C10H15F3N2S/c1-15(9(7-14)10(11,12)13)5-4-8-3-2-6-16-8/h2-3,6,9H,4-5,7,14H2,1H3. The molecule has 0 aliphatic rings. The maximum absolute atomic E-state index is 12.5. The number of nitrogens with zero attached hydrogens (tertiary/aromatic N) is 1. The van der Waals surface area contributed by atoms with Crippen molar-refractivity contribution >= 4 is 11.3 Å². The fraction of sp³-hybridized carbons (Fsp3) is 0.600. The lowest BCUT2D eigenvalue weighted by Crippen LogP contribution is -2.49. The van der Waals surface area contributed by atoms with Gasteiger partial charge in [0.2, 0.25) is 0 Å². The van der Waals surface area contributed by atoms with Crippen LogP contribution < -0.4 is 5.73 Å². The molecule has 92 valence electrons. The first-order valence-corrected chi connectivity index (χ1v) is 5.82. The fourth-order valence-electron chi connectivity index (χ4n) is 1.46. The SMILES string of the molecule is CN(CCc1cccs1)C(CN)C(F)(F)F. The molecule has 1 aromatic rings. The van der Waals surface area contributed by atoms with E-state index in [9.17, 15) is 13.2 Å². The zero-order valence-electron chi connectivity index (χ0n) is 9.00. The van der Waals surface area contributed by atoms with Crippen LogP contribution in [0.5, 0.6) is 0 Å². The Morgan fingerprint density at radius 3 is 2.62 bits per heavy atom. The van der Waals surface area contributed by atoms with Gasteiger partial charge in [0, 0.05) is 18.0 Å². The summed E-state index contributed by atoms with van der Waals surface area (Å²) in [4.78, 5) is 2.35. The van der Waals surface area contributed by atoms with Crippen LogP contribution in [0.2, 0.25) is 0 Å². The van der Waals surface area contributed by atoms with Gasteiger partial charge in [-0.15, -0.1) is 11.3 Å². The highest BCUT2D eigenvalue weighted by atomic mass is 32.1. The largest absolute Gasteiger partial charge is 0.405 e. The van der Waals surface area contributed by atoms with Crippen LogP contribution in [0.1, 0.15) is 4.88 Å². The van der Waals surface area contributed by atoms with Crippen LogP contribution in [-0.4, -0.2) is 37.3 Å². The third-order valence-corrected chi connectivity index (χ3v) is 3.36. The van der Waals surface area contributed by atoms with Crippen molar-refractivity contribution in [2.24, 2.45) is 5.73 Å². The summed E-state index contributed by atoms with van der Waals surface area (Å²) < 4.78 is 37.6. The van der Waals surface area contributed by atoms with E-state index in [1.165, 1.54) is 11.9 Å². The molecule has 0 aliphatic carbocycles. The lowest BCUT2D eigenvalue weighted by molar-refractivity contribution is -0.177. The molecule has 0 fully saturated rings. The average Bonchev–Trinajstić information content (AvgIpc) is 2.65. The smallest absolute Gasteiger partial charge is 0.329 e. The molecule has 0 bridgehead atoms. The Bertz CT molecular complexity index is 298. The van der Waals surface area contributed by atoms with E-state index in [-0.39, 0.29) is 0 Å². The predicted octanol–water partition coefficient (Wildman–Crippen LogP) is 2.11. The van der Waals surface area contributed by atoms with Crippen LogP contribution in [0.15, 0.2) is 17.5 Å². The summed E-state index contributed by atoms with van der Waals surface area (Å²) in [5, 5.41) is 1.92. The van der Waals surface area contributed by atoms with Gasteiger partial charge in [-0.1, -0.05) is 6.07 Å². The van der Waals surface area contributed by atoms with Crippen molar-refractivity contribution in [3.8, 4) is 0 Å². The monoisotopic (exact) mass is 252 g/mol. The Hall–Kier alpha value is -0.590. The molecule has 2 N–H and O–H groups in total. The van der Waals surface area contributed by atoms with E-state index < -0.39 is 18.8 Å². The van der Waals surface area contributed by atoms with Crippen molar-refractivity contribution in [2.45, 2.75) is 18.6 Å². The second kappa shape index (κ2) is 5.65. The highest BCUT2D eigenvalue weighted by Crippen LogP contribution is 2.23. The Kier molecular flexibility index (Phi) is 4.76. The zero-order valence-corrected chi connectivity index (χ0v) is 9.81. The molecule has 1 heterocycles. The lowest BCUT2D eigenvalue weighted by Gasteiger charge is -2.28. The van der Waals surface area contributed by atoms with Crippen LogP contribution >= 0.6 is 11.3 Å². The van der Waals surface area contributed by atoms with Crippen LogP contribution in [0.25, 0.3) is 0 Å². The van der Waals surface area contributed by atoms with Crippen LogP contribution in [0.4, 0.5) is 13.2 Å². The minimum Gasteiger partial charge on any atom is -0.329 e. The van der Waals surface area contributed by atoms with Crippen LogP contribution in [0.3, 0.4) is 0 Å². The average molecular weight is 252 g/mol. The zero-order chi connectivity index (χ0) is 12.2. The van der Waals surface area contributed by atoms with Gasteiger partial charge in [-0.3, -0.25) is 4.90 Å². The first kappa shape index (κ1) is 13.5. The summed E-state index contributed by atoms with van der Waals surface area (Å²) >= 11 is 1.55. The van der Waals surface area contributed by atoms with Gasteiger partial charge in [0.25, 0.3) is 0 Å². The van der Waals surface area contributed by atoms with E-state index in [1.807, 2.05) is 17.5 Å². The third kappa shape index (κ3) is 3.77. The molecular formula is C10H15F3N2S. The second-order valence-corrected chi connectivity index (χ2v) is 4.64. The highest BCUT2D eigenvalue weighted by molar-refractivity contribution is 7.09. The van der Waals surface area contributed by atoms with E-state index >= 15 is 0 Å². The minimum atomic E-state index is -4.25. The Morgan fingerprint density at radius 2 is 2.19 bits per heavy atom. The van der Waals surface area contributed by atoms with E-state index in [0.29, 0.717) is 13.0 Å². The quantitative estimate of drug-likeness (QED) is 0.869. The van der Waals surface area contributed by atoms with Crippen molar-refractivity contribution in [1.29, 1.82) is 0 Å². The topological polar surface area (TPSA) is 29.3 Å². The van der Waals surface area contributed by atoms with E-state index in [0.717, 1.165) is 4.88 Å². The minimum absolute atomic E-state index is 0.363. The fourth-order valence-corrected chi connectivity index (χ4v) is 2.16. The predicted molar refractivity (Wildman–Crippen MR) is 59.6 cm³/mol. The summed E-state index contributed by atoms with van der Waals surface area (Å²) in [6, 6.07) is 2.26. The number of hydrogen-bond acceptors (Lipinski definition) is 3. The second-order valence-electron chi connectivity index (χ2n) is 3.60. The first-order valence-electron chi connectivity index (χ1n) is 4.94. The third-order valence-electron chi connectivity index (χ3n) is 2.42. The van der Waals surface area contributed by atoms with Crippen molar-refractivity contribution < 1.29 is 13.2 Å². The van der Waals surface area contributed by atoms with Crippen LogP contribution in [0, 0.1) is 0 Å². The number of thiophene rings is 1. The molecule has 1 atom stereocenters. The molecule has 6 heteroatoms. The maximum atomic E-state index is 12.5. The Balaban J connectivity index is 2.47. The van der Waals surface area contributed by atoms with Crippen molar-refractivity contribution in [3.63, 3.8) is 0 Å². The molecule has 2 nitrogen and oxygen atoms in total. The summed E-state index contributed by atoms with van der Waals surface area (Å²) in [6.45, 7) is -0.0354. The normalized spacial score (nSPS) is 14.4. The molecule has 1 rings (SSSR count). The van der Waals surface area contributed by atoms with Gasteiger partial charge >= 0.3 is 6.18 Å². The Morgan fingerprint density at radius 1 is 1.50 bits per heavy atom. The number of rotatable bonds is 5. The van der Waals surface area contributed by atoms with Gasteiger partial charge in [0.1, 0.15) is 6.04 Å². The lowest BCUT2D eigenvalue weighted by atomic mass is 10.2. The van der Waals surface area contributed by atoms with Crippen molar-refractivity contribution in [1.82, 2.24) is 4.90 Å².